The minimum atomic E-state index is 0.255. The molecule has 0 aliphatic carbocycles. The van der Waals surface area contributed by atoms with Crippen LogP contribution in [0, 0.1) is 5.41 Å². The Bertz CT molecular complexity index is 352. The highest BCUT2D eigenvalue weighted by atomic mass is 15.2. The lowest BCUT2D eigenvalue weighted by Crippen LogP contribution is -2.48. The Kier molecular flexibility index (Phi) is 4.07. The number of imidazole rings is 1. The van der Waals surface area contributed by atoms with Crippen molar-refractivity contribution in [3.63, 3.8) is 0 Å². The highest BCUT2D eigenvalue weighted by molar-refractivity contribution is 4.89. The molecule has 1 aliphatic rings. The highest BCUT2D eigenvalue weighted by Crippen LogP contribution is 2.22. The van der Waals surface area contributed by atoms with Crippen molar-refractivity contribution in [1.82, 2.24) is 19.8 Å². The van der Waals surface area contributed by atoms with Gasteiger partial charge < -0.3 is 14.8 Å². The summed E-state index contributed by atoms with van der Waals surface area (Å²) in [6, 6.07) is 1.10. The zero-order valence-electron chi connectivity index (χ0n) is 12.1. The predicted molar refractivity (Wildman–Crippen MR) is 74.5 cm³/mol. The molecule has 1 saturated heterocycles. The Hall–Kier alpha value is -0.870. The van der Waals surface area contributed by atoms with Crippen molar-refractivity contribution in [3.05, 3.63) is 18.7 Å². The minimum absolute atomic E-state index is 0.255. The van der Waals surface area contributed by atoms with E-state index in [9.17, 15) is 0 Å². The summed E-state index contributed by atoms with van der Waals surface area (Å²) in [5.74, 6) is 0. The van der Waals surface area contributed by atoms with Crippen LogP contribution in [0.3, 0.4) is 0 Å². The maximum absolute atomic E-state index is 4.13. The Balaban J connectivity index is 1.97. The lowest BCUT2D eigenvalue weighted by Gasteiger charge is -2.34. The fourth-order valence-electron chi connectivity index (χ4n) is 2.54. The third-order valence-corrected chi connectivity index (χ3v) is 3.83. The SMILES string of the molecule is CN1CCC(NC(Cn2ccnc2)C(C)(C)C)C1. The molecule has 102 valence electrons. The van der Waals surface area contributed by atoms with Gasteiger partial charge in [0, 0.05) is 37.6 Å². The fourth-order valence-corrected chi connectivity index (χ4v) is 2.54. The summed E-state index contributed by atoms with van der Waals surface area (Å²) in [5.41, 5.74) is 0.255. The summed E-state index contributed by atoms with van der Waals surface area (Å²) < 4.78 is 2.17. The molecule has 18 heavy (non-hydrogen) atoms. The van der Waals surface area contributed by atoms with Gasteiger partial charge in [-0.3, -0.25) is 0 Å². The van der Waals surface area contributed by atoms with Crippen LogP contribution in [0.5, 0.6) is 0 Å². The van der Waals surface area contributed by atoms with Crippen LogP contribution in [0.4, 0.5) is 0 Å². The van der Waals surface area contributed by atoms with Gasteiger partial charge in [0.05, 0.1) is 6.33 Å². The van der Waals surface area contributed by atoms with E-state index in [1.165, 1.54) is 13.0 Å². The van der Waals surface area contributed by atoms with Crippen molar-refractivity contribution in [2.45, 2.75) is 45.8 Å². The first kappa shape index (κ1) is 13.6. The van der Waals surface area contributed by atoms with Crippen LogP contribution in [0.1, 0.15) is 27.2 Å². The average molecular weight is 250 g/mol. The quantitative estimate of drug-likeness (QED) is 0.881. The van der Waals surface area contributed by atoms with Gasteiger partial charge in [0.15, 0.2) is 0 Å². The number of aromatic nitrogens is 2. The van der Waals surface area contributed by atoms with Gasteiger partial charge >= 0.3 is 0 Å². The monoisotopic (exact) mass is 250 g/mol. The van der Waals surface area contributed by atoms with Crippen molar-refractivity contribution in [1.29, 1.82) is 0 Å². The summed E-state index contributed by atoms with van der Waals surface area (Å²) in [6.45, 7) is 10.3. The summed E-state index contributed by atoms with van der Waals surface area (Å²) in [5, 5.41) is 3.83. The largest absolute Gasteiger partial charge is 0.336 e. The lowest BCUT2D eigenvalue weighted by molar-refractivity contribution is 0.221. The van der Waals surface area contributed by atoms with Crippen LogP contribution >= 0.6 is 0 Å². The number of likely N-dealkylation sites (tertiary alicyclic amines) is 1. The van der Waals surface area contributed by atoms with Gasteiger partial charge in [0.2, 0.25) is 0 Å². The van der Waals surface area contributed by atoms with Crippen molar-refractivity contribution in [2.24, 2.45) is 5.41 Å². The minimum Gasteiger partial charge on any atom is -0.336 e. The van der Waals surface area contributed by atoms with E-state index in [1.807, 2.05) is 18.7 Å². The molecule has 2 rings (SSSR count). The molecule has 2 heterocycles. The average Bonchev–Trinajstić information content (AvgIpc) is 2.88. The molecule has 4 heteroatoms. The van der Waals surface area contributed by atoms with Crippen LogP contribution in [0.25, 0.3) is 0 Å². The third kappa shape index (κ3) is 3.56. The molecule has 0 saturated carbocycles. The number of likely N-dealkylation sites (N-methyl/N-ethyl adjacent to an activating group) is 1. The zero-order valence-corrected chi connectivity index (χ0v) is 12.1. The van der Waals surface area contributed by atoms with E-state index in [1.54, 1.807) is 0 Å². The first-order valence-corrected chi connectivity index (χ1v) is 6.85. The van der Waals surface area contributed by atoms with Crippen molar-refractivity contribution >= 4 is 0 Å². The number of rotatable bonds is 4. The van der Waals surface area contributed by atoms with Gasteiger partial charge in [0.1, 0.15) is 0 Å². The second-order valence-corrected chi connectivity index (χ2v) is 6.59. The summed E-state index contributed by atoms with van der Waals surface area (Å²) in [6.07, 6.45) is 7.05. The van der Waals surface area contributed by atoms with Crippen LogP contribution < -0.4 is 5.32 Å². The second-order valence-electron chi connectivity index (χ2n) is 6.59. The van der Waals surface area contributed by atoms with Crippen LogP contribution in [-0.4, -0.2) is 46.7 Å². The van der Waals surface area contributed by atoms with Crippen LogP contribution in [0.15, 0.2) is 18.7 Å². The molecule has 4 nitrogen and oxygen atoms in total. The number of nitrogens with one attached hydrogen (secondary N) is 1. The summed E-state index contributed by atoms with van der Waals surface area (Å²) in [4.78, 5) is 6.53. The standard InChI is InChI=1S/C14H26N4/c1-14(2,3)13(10-18-8-6-15-11-18)16-12-5-7-17(4)9-12/h6,8,11-13,16H,5,7,9-10H2,1-4H3. The smallest absolute Gasteiger partial charge is 0.0946 e. The van der Waals surface area contributed by atoms with Gasteiger partial charge in [-0.1, -0.05) is 20.8 Å². The number of hydrogen-bond donors (Lipinski definition) is 1. The summed E-state index contributed by atoms with van der Waals surface area (Å²) >= 11 is 0. The normalized spacial score (nSPS) is 23.4. The van der Waals surface area contributed by atoms with Crippen molar-refractivity contribution in [2.75, 3.05) is 20.1 Å². The van der Waals surface area contributed by atoms with Crippen molar-refractivity contribution in [3.8, 4) is 0 Å². The van der Waals surface area contributed by atoms with Gasteiger partial charge in [-0.2, -0.15) is 0 Å². The Morgan fingerprint density at radius 3 is 2.72 bits per heavy atom. The Morgan fingerprint density at radius 2 is 2.22 bits per heavy atom. The molecule has 1 aromatic heterocycles. The maximum Gasteiger partial charge on any atom is 0.0946 e. The molecule has 1 aliphatic heterocycles. The van der Waals surface area contributed by atoms with Gasteiger partial charge in [-0.25, -0.2) is 4.98 Å². The number of nitrogens with zero attached hydrogens (tertiary/aromatic N) is 3. The van der Waals surface area contributed by atoms with E-state index in [0.29, 0.717) is 12.1 Å². The van der Waals surface area contributed by atoms with E-state index in [2.05, 4.69) is 47.6 Å². The van der Waals surface area contributed by atoms with E-state index >= 15 is 0 Å². The van der Waals surface area contributed by atoms with Gasteiger partial charge in [-0.05, 0) is 25.4 Å². The molecule has 0 bridgehead atoms. The van der Waals surface area contributed by atoms with Gasteiger partial charge in [0.25, 0.3) is 0 Å². The first-order valence-electron chi connectivity index (χ1n) is 6.85. The molecule has 0 radical (unpaired) electrons. The molecular formula is C14H26N4. The van der Waals surface area contributed by atoms with Gasteiger partial charge in [-0.15, -0.1) is 0 Å². The van der Waals surface area contributed by atoms with Crippen LogP contribution in [-0.2, 0) is 6.54 Å². The molecule has 1 fully saturated rings. The molecule has 0 amide bonds. The third-order valence-electron chi connectivity index (χ3n) is 3.83. The predicted octanol–water partition coefficient (Wildman–Crippen LogP) is 1.59. The Morgan fingerprint density at radius 1 is 1.44 bits per heavy atom. The second kappa shape index (κ2) is 5.41. The molecule has 2 atom stereocenters. The van der Waals surface area contributed by atoms with E-state index in [4.69, 9.17) is 0 Å². The first-order chi connectivity index (χ1) is 8.45. The number of hydrogen-bond acceptors (Lipinski definition) is 3. The fraction of sp³-hybridized carbons (Fsp3) is 0.786. The molecule has 2 unspecified atom stereocenters. The molecule has 0 spiro atoms. The maximum atomic E-state index is 4.13. The Labute approximate surface area is 110 Å². The van der Waals surface area contributed by atoms with E-state index in [-0.39, 0.29) is 5.41 Å². The molecule has 1 N–H and O–H groups in total. The van der Waals surface area contributed by atoms with Crippen LogP contribution in [0.2, 0.25) is 0 Å². The van der Waals surface area contributed by atoms with Crippen molar-refractivity contribution < 1.29 is 0 Å². The van der Waals surface area contributed by atoms with E-state index < -0.39 is 0 Å². The summed E-state index contributed by atoms with van der Waals surface area (Å²) in [7, 11) is 2.20. The van der Waals surface area contributed by atoms with E-state index in [0.717, 1.165) is 13.1 Å². The highest BCUT2D eigenvalue weighted by Gasteiger charge is 2.29. The topological polar surface area (TPSA) is 33.1 Å². The zero-order chi connectivity index (χ0) is 13.2. The lowest BCUT2D eigenvalue weighted by atomic mass is 9.86. The molecule has 1 aromatic rings. The molecule has 0 aromatic carbocycles. The molecular weight excluding hydrogens is 224 g/mol.